The third kappa shape index (κ3) is 11.2. The van der Waals surface area contributed by atoms with Gasteiger partial charge in [0.2, 0.25) is 10.0 Å². The standard InChI is InChI=1S/C18H32N4O4S2.HI/c1-14(11-12-27(6,23)24)21-17(19-5)20-13-15-9-7-8-10-16(15)28(25,26)22-18(2,3)4;/h7-10,14,22H,11-13H2,1-6H3,(H2,19,20,21);1H. The van der Waals surface area contributed by atoms with E-state index in [4.69, 9.17) is 0 Å². The van der Waals surface area contributed by atoms with Crippen molar-refractivity contribution >= 4 is 49.8 Å². The number of rotatable bonds is 8. The van der Waals surface area contributed by atoms with Gasteiger partial charge >= 0.3 is 0 Å². The Morgan fingerprint density at radius 2 is 1.72 bits per heavy atom. The minimum atomic E-state index is -3.67. The predicted molar refractivity (Wildman–Crippen MR) is 129 cm³/mol. The molecule has 0 radical (unpaired) electrons. The van der Waals surface area contributed by atoms with Gasteiger partial charge in [-0.1, -0.05) is 18.2 Å². The molecule has 0 spiro atoms. The number of halogens is 1. The van der Waals surface area contributed by atoms with Crippen LogP contribution in [0.15, 0.2) is 34.2 Å². The summed E-state index contributed by atoms with van der Waals surface area (Å²) in [5, 5.41) is 6.20. The van der Waals surface area contributed by atoms with Crippen molar-refractivity contribution in [2.75, 3.05) is 19.1 Å². The summed E-state index contributed by atoms with van der Waals surface area (Å²) in [6, 6.07) is 6.65. The van der Waals surface area contributed by atoms with Gasteiger partial charge in [-0.2, -0.15) is 0 Å². The maximum atomic E-state index is 12.7. The second kappa shape index (κ2) is 11.5. The second-order valence-electron chi connectivity index (χ2n) is 7.85. The smallest absolute Gasteiger partial charge is 0.241 e. The maximum Gasteiger partial charge on any atom is 0.241 e. The minimum absolute atomic E-state index is 0. The molecule has 1 unspecified atom stereocenters. The Morgan fingerprint density at radius 3 is 2.24 bits per heavy atom. The van der Waals surface area contributed by atoms with Crippen LogP contribution in [0.25, 0.3) is 0 Å². The molecule has 1 atom stereocenters. The van der Waals surface area contributed by atoms with Gasteiger partial charge in [0.15, 0.2) is 5.96 Å². The van der Waals surface area contributed by atoms with Crippen molar-refractivity contribution in [3.8, 4) is 0 Å². The van der Waals surface area contributed by atoms with Crippen LogP contribution in [-0.2, 0) is 26.4 Å². The van der Waals surface area contributed by atoms with E-state index in [0.717, 1.165) is 0 Å². The van der Waals surface area contributed by atoms with E-state index in [0.29, 0.717) is 17.9 Å². The van der Waals surface area contributed by atoms with Crippen LogP contribution < -0.4 is 15.4 Å². The van der Waals surface area contributed by atoms with E-state index in [1.54, 1.807) is 52.1 Å². The number of hydrogen-bond donors (Lipinski definition) is 3. The van der Waals surface area contributed by atoms with Crippen LogP contribution in [0.3, 0.4) is 0 Å². The number of benzene rings is 1. The van der Waals surface area contributed by atoms with Gasteiger partial charge in [-0.25, -0.2) is 21.6 Å². The number of nitrogens with zero attached hydrogens (tertiary/aromatic N) is 1. The van der Waals surface area contributed by atoms with Crippen LogP contribution in [0, 0.1) is 0 Å². The lowest BCUT2D eigenvalue weighted by molar-refractivity contribution is 0.491. The molecule has 0 amide bonds. The summed E-state index contributed by atoms with van der Waals surface area (Å²) in [5.74, 6) is 0.550. The SMILES string of the molecule is CN=C(NCc1ccccc1S(=O)(=O)NC(C)(C)C)NC(C)CCS(C)(=O)=O.I. The summed E-state index contributed by atoms with van der Waals surface area (Å²) in [6.07, 6.45) is 1.65. The molecule has 0 aliphatic rings. The quantitative estimate of drug-likeness (QED) is 0.254. The Hall–Kier alpha value is -0.920. The van der Waals surface area contributed by atoms with Gasteiger partial charge < -0.3 is 10.6 Å². The highest BCUT2D eigenvalue weighted by molar-refractivity contribution is 14.0. The Balaban J connectivity index is 0.00000784. The van der Waals surface area contributed by atoms with Crippen LogP contribution in [0.2, 0.25) is 0 Å². The van der Waals surface area contributed by atoms with E-state index < -0.39 is 25.4 Å². The Kier molecular flexibility index (Phi) is 11.1. The molecule has 29 heavy (non-hydrogen) atoms. The molecule has 0 heterocycles. The van der Waals surface area contributed by atoms with Crippen molar-refractivity contribution in [3.63, 3.8) is 0 Å². The number of guanidine groups is 1. The Morgan fingerprint density at radius 1 is 1.14 bits per heavy atom. The topological polar surface area (TPSA) is 117 Å². The first-order chi connectivity index (χ1) is 12.7. The zero-order chi connectivity index (χ0) is 21.6. The van der Waals surface area contributed by atoms with Gasteiger partial charge in [0, 0.05) is 31.4 Å². The molecule has 1 rings (SSSR count). The lowest BCUT2D eigenvalue weighted by Crippen LogP contribution is -2.43. The van der Waals surface area contributed by atoms with Gasteiger partial charge in [-0.05, 0) is 45.7 Å². The molecule has 11 heteroatoms. The largest absolute Gasteiger partial charge is 0.354 e. The first-order valence-electron chi connectivity index (χ1n) is 9.00. The number of nitrogens with one attached hydrogen (secondary N) is 3. The maximum absolute atomic E-state index is 12.7. The lowest BCUT2D eigenvalue weighted by atomic mass is 10.1. The van der Waals surface area contributed by atoms with Crippen molar-refractivity contribution in [1.29, 1.82) is 0 Å². The molecule has 3 N–H and O–H groups in total. The molecule has 8 nitrogen and oxygen atoms in total. The number of hydrogen-bond acceptors (Lipinski definition) is 5. The van der Waals surface area contributed by atoms with Crippen LogP contribution in [0.5, 0.6) is 0 Å². The molecular weight excluding hydrogens is 527 g/mol. The predicted octanol–water partition coefficient (Wildman–Crippen LogP) is 1.87. The highest BCUT2D eigenvalue weighted by Gasteiger charge is 2.24. The average Bonchev–Trinajstić information content (AvgIpc) is 2.54. The number of sulfone groups is 1. The van der Waals surface area contributed by atoms with E-state index >= 15 is 0 Å². The van der Waals surface area contributed by atoms with Crippen molar-refractivity contribution in [2.24, 2.45) is 4.99 Å². The molecule has 0 aliphatic heterocycles. The number of sulfonamides is 1. The molecule has 168 valence electrons. The van der Waals surface area contributed by atoms with Crippen molar-refractivity contribution in [1.82, 2.24) is 15.4 Å². The highest BCUT2D eigenvalue weighted by Crippen LogP contribution is 2.17. The first-order valence-corrected chi connectivity index (χ1v) is 12.5. The summed E-state index contributed by atoms with van der Waals surface area (Å²) in [5.41, 5.74) is 0.0115. The number of aliphatic imine (C=N–C) groups is 1. The van der Waals surface area contributed by atoms with Gasteiger partial charge in [-0.3, -0.25) is 4.99 Å². The van der Waals surface area contributed by atoms with Crippen molar-refractivity contribution < 1.29 is 16.8 Å². The zero-order valence-electron chi connectivity index (χ0n) is 17.8. The van der Waals surface area contributed by atoms with Gasteiger partial charge in [-0.15, -0.1) is 24.0 Å². The highest BCUT2D eigenvalue weighted by atomic mass is 127. The minimum Gasteiger partial charge on any atom is -0.354 e. The monoisotopic (exact) mass is 560 g/mol. The third-order valence-corrected chi connectivity index (χ3v) is 6.51. The van der Waals surface area contributed by atoms with Crippen LogP contribution in [-0.4, -0.2) is 53.4 Å². The van der Waals surface area contributed by atoms with Crippen LogP contribution in [0.4, 0.5) is 0 Å². The first kappa shape index (κ1) is 28.1. The van der Waals surface area contributed by atoms with E-state index in [1.165, 1.54) is 6.26 Å². The average molecular weight is 561 g/mol. The molecule has 0 bridgehead atoms. The van der Waals surface area contributed by atoms with E-state index in [1.807, 2.05) is 6.92 Å². The van der Waals surface area contributed by atoms with E-state index in [9.17, 15) is 16.8 Å². The molecule has 0 aromatic heterocycles. The fourth-order valence-corrected chi connectivity index (χ4v) is 4.88. The Labute approximate surface area is 192 Å². The summed E-state index contributed by atoms with van der Waals surface area (Å²) in [7, 11) is -5.10. The molecule has 1 aromatic rings. The van der Waals surface area contributed by atoms with Crippen LogP contribution >= 0.6 is 24.0 Å². The van der Waals surface area contributed by atoms with E-state index in [2.05, 4.69) is 20.3 Å². The second-order valence-corrected chi connectivity index (χ2v) is 11.8. The fraction of sp³-hybridized carbons (Fsp3) is 0.611. The molecule has 0 saturated heterocycles. The summed E-state index contributed by atoms with van der Waals surface area (Å²) in [4.78, 5) is 4.33. The molecule has 0 fully saturated rings. The van der Waals surface area contributed by atoms with Crippen LogP contribution in [0.1, 0.15) is 39.7 Å². The summed E-state index contributed by atoms with van der Waals surface area (Å²) < 4.78 is 50.6. The van der Waals surface area contributed by atoms with Gasteiger partial charge in [0.05, 0.1) is 10.6 Å². The van der Waals surface area contributed by atoms with Gasteiger partial charge in [0.25, 0.3) is 0 Å². The summed E-state index contributed by atoms with van der Waals surface area (Å²) in [6.45, 7) is 7.47. The summed E-state index contributed by atoms with van der Waals surface area (Å²) >= 11 is 0. The fourth-order valence-electron chi connectivity index (χ4n) is 2.44. The van der Waals surface area contributed by atoms with E-state index in [-0.39, 0.29) is 47.2 Å². The lowest BCUT2D eigenvalue weighted by Gasteiger charge is -2.22. The van der Waals surface area contributed by atoms with Crippen molar-refractivity contribution in [3.05, 3.63) is 29.8 Å². The molecule has 0 aliphatic carbocycles. The zero-order valence-corrected chi connectivity index (χ0v) is 21.8. The third-order valence-electron chi connectivity index (χ3n) is 3.68. The molecule has 1 aromatic carbocycles. The Bertz CT molecular complexity index is 895. The normalized spacial score (nSPS) is 14.1. The molecular formula is C18H33IN4O4S2. The van der Waals surface area contributed by atoms with Crippen molar-refractivity contribution in [2.45, 2.75) is 57.1 Å². The van der Waals surface area contributed by atoms with Gasteiger partial charge in [0.1, 0.15) is 9.84 Å². The molecule has 0 saturated carbocycles.